The molecule has 0 bridgehead atoms. The first-order valence-electron chi connectivity index (χ1n) is 10.4. The maximum Gasteiger partial charge on any atom is 0.245 e. The van der Waals surface area contributed by atoms with Crippen LogP contribution in [-0.4, -0.2) is 17.7 Å². The van der Waals surface area contributed by atoms with Crippen molar-refractivity contribution in [3.05, 3.63) is 126 Å². The van der Waals surface area contributed by atoms with Crippen LogP contribution in [0.5, 0.6) is 0 Å². The second kappa shape index (κ2) is 10.2. The van der Waals surface area contributed by atoms with Gasteiger partial charge in [-0.1, -0.05) is 91.0 Å². The average molecular weight is 444 g/mol. The van der Waals surface area contributed by atoms with Gasteiger partial charge in [0.25, 0.3) is 0 Å². The van der Waals surface area contributed by atoms with Gasteiger partial charge in [0.1, 0.15) is 10.7 Å². The van der Waals surface area contributed by atoms with Crippen LogP contribution in [0.4, 0.5) is 5.82 Å². The van der Waals surface area contributed by atoms with E-state index in [2.05, 4.69) is 10.3 Å². The summed E-state index contributed by atoms with van der Waals surface area (Å²) in [7, 11) is -3.74. The van der Waals surface area contributed by atoms with Gasteiger partial charge in [-0.25, -0.2) is 13.4 Å². The topological polar surface area (TPSA) is 62.3 Å². The first kappa shape index (κ1) is 21.7. The second-order valence-corrected chi connectivity index (χ2v) is 9.40. The highest BCUT2D eigenvalue weighted by atomic mass is 32.2. The summed E-state index contributed by atoms with van der Waals surface area (Å²) in [5.41, 5.74) is 2.99. The van der Waals surface area contributed by atoms with Crippen LogP contribution in [0.3, 0.4) is 0 Å². The summed E-state index contributed by atoms with van der Waals surface area (Å²) < 4.78 is 28.5. The van der Waals surface area contributed by atoms with Crippen molar-refractivity contribution in [3.63, 3.8) is 0 Å². The number of pyridine rings is 1. The minimum Gasteiger partial charge on any atom is -0.366 e. The predicted molar refractivity (Wildman–Crippen MR) is 127 cm³/mol. The molecule has 0 amide bonds. The minimum atomic E-state index is -3.74. The van der Waals surface area contributed by atoms with Gasteiger partial charge >= 0.3 is 0 Å². The van der Waals surface area contributed by atoms with E-state index in [4.69, 9.17) is 0 Å². The van der Waals surface area contributed by atoms with Crippen molar-refractivity contribution in [3.8, 4) is 0 Å². The third-order valence-electron chi connectivity index (χ3n) is 5.09. The SMILES string of the molecule is O=S(=O)(c1ccc(NCc2ccccc2)nc1)N(Cc1ccccc1)Cc1ccccc1. The molecule has 5 nitrogen and oxygen atoms in total. The molecule has 1 N–H and O–H groups in total. The molecule has 0 aliphatic heterocycles. The molecule has 1 heterocycles. The van der Waals surface area contributed by atoms with Gasteiger partial charge in [0.05, 0.1) is 0 Å². The molecular weight excluding hydrogens is 418 g/mol. The molecule has 3 aromatic carbocycles. The molecule has 0 saturated carbocycles. The van der Waals surface area contributed by atoms with Gasteiger partial charge in [-0.05, 0) is 28.8 Å². The van der Waals surface area contributed by atoms with Crippen LogP contribution in [0.1, 0.15) is 16.7 Å². The lowest BCUT2D eigenvalue weighted by Crippen LogP contribution is -2.30. The quantitative estimate of drug-likeness (QED) is 0.392. The van der Waals surface area contributed by atoms with Crippen LogP contribution in [0.15, 0.2) is 114 Å². The van der Waals surface area contributed by atoms with E-state index in [1.54, 1.807) is 12.1 Å². The molecule has 0 fully saturated rings. The van der Waals surface area contributed by atoms with Crippen LogP contribution in [-0.2, 0) is 29.7 Å². The lowest BCUT2D eigenvalue weighted by molar-refractivity contribution is 0.401. The van der Waals surface area contributed by atoms with Crippen LogP contribution < -0.4 is 5.32 Å². The van der Waals surface area contributed by atoms with Gasteiger partial charge in [0.15, 0.2) is 0 Å². The standard InChI is InChI=1S/C26H25N3O2S/c30-32(31,25-16-17-26(28-19-25)27-18-22-10-4-1-5-11-22)29(20-23-12-6-2-7-13-23)21-24-14-8-3-9-15-24/h1-17,19H,18,20-21H2,(H,27,28). The summed E-state index contributed by atoms with van der Waals surface area (Å²) >= 11 is 0. The summed E-state index contributed by atoms with van der Waals surface area (Å²) in [6.45, 7) is 1.19. The smallest absolute Gasteiger partial charge is 0.245 e. The van der Waals surface area contributed by atoms with E-state index in [1.165, 1.54) is 10.5 Å². The Morgan fingerprint density at radius 3 is 1.62 bits per heavy atom. The molecule has 4 rings (SSSR count). The Morgan fingerprint density at radius 1 is 0.656 bits per heavy atom. The van der Waals surface area contributed by atoms with Gasteiger partial charge in [-0.3, -0.25) is 0 Å². The fourth-order valence-electron chi connectivity index (χ4n) is 3.37. The Balaban J connectivity index is 1.54. The normalized spacial score (nSPS) is 11.4. The van der Waals surface area contributed by atoms with Crippen LogP contribution in [0, 0.1) is 0 Å². The van der Waals surface area contributed by atoms with Crippen molar-refractivity contribution >= 4 is 15.8 Å². The summed E-state index contributed by atoms with van der Waals surface area (Å²) in [6.07, 6.45) is 1.42. The number of hydrogen-bond donors (Lipinski definition) is 1. The van der Waals surface area contributed by atoms with Crippen molar-refractivity contribution in [2.45, 2.75) is 24.5 Å². The van der Waals surface area contributed by atoms with E-state index in [0.717, 1.165) is 16.7 Å². The molecule has 0 radical (unpaired) electrons. The van der Waals surface area contributed by atoms with Crippen molar-refractivity contribution in [2.24, 2.45) is 0 Å². The van der Waals surface area contributed by atoms with Gasteiger partial charge in [0.2, 0.25) is 10.0 Å². The Hall–Kier alpha value is -3.48. The van der Waals surface area contributed by atoms with Gasteiger partial charge < -0.3 is 5.32 Å². The maximum atomic E-state index is 13.5. The maximum absolute atomic E-state index is 13.5. The molecule has 1 aromatic heterocycles. The van der Waals surface area contributed by atoms with Crippen molar-refractivity contribution in [1.82, 2.24) is 9.29 Å². The highest BCUT2D eigenvalue weighted by molar-refractivity contribution is 7.89. The Morgan fingerprint density at radius 2 is 1.16 bits per heavy atom. The minimum absolute atomic E-state index is 0.176. The largest absolute Gasteiger partial charge is 0.366 e. The molecule has 0 aliphatic rings. The zero-order valence-electron chi connectivity index (χ0n) is 17.6. The Kier molecular flexibility index (Phi) is 6.94. The van der Waals surface area contributed by atoms with Crippen LogP contribution in [0.25, 0.3) is 0 Å². The summed E-state index contributed by atoms with van der Waals surface area (Å²) in [5, 5.41) is 3.23. The molecule has 0 aliphatic carbocycles. The number of sulfonamides is 1. The van der Waals surface area contributed by atoms with Crippen LogP contribution in [0.2, 0.25) is 0 Å². The number of benzene rings is 3. The third-order valence-corrected chi connectivity index (χ3v) is 6.87. The van der Waals surface area contributed by atoms with Gasteiger partial charge in [-0.15, -0.1) is 0 Å². The molecular formula is C26H25N3O2S. The zero-order valence-corrected chi connectivity index (χ0v) is 18.4. The molecule has 0 atom stereocenters. The first-order valence-corrected chi connectivity index (χ1v) is 11.9. The summed E-state index contributed by atoms with van der Waals surface area (Å²) in [5.74, 6) is 0.630. The number of rotatable bonds is 9. The van der Waals surface area contributed by atoms with E-state index in [9.17, 15) is 8.42 Å². The lowest BCUT2D eigenvalue weighted by Gasteiger charge is -2.22. The van der Waals surface area contributed by atoms with E-state index >= 15 is 0 Å². The van der Waals surface area contributed by atoms with Gasteiger partial charge in [0, 0.05) is 25.8 Å². The predicted octanol–water partition coefficient (Wildman–Crippen LogP) is 5.08. The number of aromatic nitrogens is 1. The van der Waals surface area contributed by atoms with Crippen molar-refractivity contribution < 1.29 is 8.42 Å². The fourth-order valence-corrected chi connectivity index (χ4v) is 4.74. The number of hydrogen-bond acceptors (Lipinski definition) is 4. The monoisotopic (exact) mass is 443 g/mol. The molecule has 32 heavy (non-hydrogen) atoms. The van der Waals surface area contributed by atoms with E-state index in [0.29, 0.717) is 12.4 Å². The number of anilines is 1. The highest BCUT2D eigenvalue weighted by Gasteiger charge is 2.25. The number of nitrogens with one attached hydrogen (secondary N) is 1. The molecule has 0 spiro atoms. The second-order valence-electron chi connectivity index (χ2n) is 7.46. The molecule has 0 unspecified atom stereocenters. The molecule has 4 aromatic rings. The fraction of sp³-hybridized carbons (Fsp3) is 0.115. The zero-order chi connectivity index (χ0) is 22.2. The molecule has 6 heteroatoms. The van der Waals surface area contributed by atoms with Crippen molar-refractivity contribution in [2.75, 3.05) is 5.32 Å². The average Bonchev–Trinajstić information content (AvgIpc) is 2.84. The van der Waals surface area contributed by atoms with E-state index in [-0.39, 0.29) is 18.0 Å². The van der Waals surface area contributed by atoms with Gasteiger partial charge in [-0.2, -0.15) is 4.31 Å². The molecule has 162 valence electrons. The summed E-state index contributed by atoms with van der Waals surface area (Å²) in [4.78, 5) is 4.52. The van der Waals surface area contributed by atoms with Crippen LogP contribution >= 0.6 is 0 Å². The van der Waals surface area contributed by atoms with E-state index < -0.39 is 10.0 Å². The molecule has 0 saturated heterocycles. The van der Waals surface area contributed by atoms with E-state index in [1.807, 2.05) is 91.0 Å². The highest BCUT2D eigenvalue weighted by Crippen LogP contribution is 2.22. The Bertz CT molecular complexity index is 1170. The third kappa shape index (κ3) is 5.60. The first-order chi connectivity index (χ1) is 15.6. The number of nitrogens with zero attached hydrogens (tertiary/aromatic N) is 2. The Labute approximate surface area is 189 Å². The van der Waals surface area contributed by atoms with Crippen molar-refractivity contribution in [1.29, 1.82) is 0 Å². The summed E-state index contributed by atoms with van der Waals surface area (Å²) in [6, 6.07) is 32.5. The lowest BCUT2D eigenvalue weighted by atomic mass is 10.2.